The number of nitrogens with one attached hydrogen (secondary N) is 1. The van der Waals surface area contributed by atoms with Gasteiger partial charge in [-0.2, -0.15) is 0 Å². The van der Waals surface area contributed by atoms with Gasteiger partial charge in [0.1, 0.15) is 0 Å². The molecule has 1 aliphatic rings. The maximum absolute atomic E-state index is 12.5. The molecule has 0 radical (unpaired) electrons. The van der Waals surface area contributed by atoms with E-state index in [1.807, 2.05) is 32.6 Å². The highest BCUT2D eigenvalue weighted by molar-refractivity contribution is 5.94. The van der Waals surface area contributed by atoms with Gasteiger partial charge in [0.05, 0.1) is 0 Å². The lowest BCUT2D eigenvalue weighted by atomic mass is 9.76. The smallest absolute Gasteiger partial charge is 0.249 e. The van der Waals surface area contributed by atoms with Crippen LogP contribution >= 0.6 is 0 Å². The predicted molar refractivity (Wildman–Crippen MR) is 85.8 cm³/mol. The summed E-state index contributed by atoms with van der Waals surface area (Å²) in [4.78, 5) is 26.3. The Hall–Kier alpha value is -1.58. The fraction of sp³-hybridized carbons (Fsp3) is 0.647. The molecule has 1 N–H and O–H groups in total. The number of hydrogen-bond donors (Lipinski definition) is 1. The van der Waals surface area contributed by atoms with Crippen molar-refractivity contribution in [3.05, 3.63) is 24.3 Å². The van der Waals surface area contributed by atoms with Gasteiger partial charge in [-0.1, -0.05) is 13.2 Å². The Morgan fingerprint density at radius 3 is 1.76 bits per heavy atom. The van der Waals surface area contributed by atoms with Crippen LogP contribution in [0.2, 0.25) is 0 Å². The van der Waals surface area contributed by atoms with Crippen molar-refractivity contribution in [2.24, 2.45) is 0 Å². The maximum Gasteiger partial charge on any atom is 0.249 e. The minimum Gasteiger partial charge on any atom is -0.349 e. The van der Waals surface area contributed by atoms with Crippen molar-refractivity contribution in [3.63, 3.8) is 0 Å². The summed E-state index contributed by atoms with van der Waals surface area (Å²) in [6, 6.07) is 0.0355. The topological polar surface area (TPSA) is 49.4 Å². The lowest BCUT2D eigenvalue weighted by Crippen LogP contribution is -2.66. The van der Waals surface area contributed by atoms with Crippen LogP contribution in [0.1, 0.15) is 54.4 Å². The fourth-order valence-corrected chi connectivity index (χ4v) is 3.43. The number of carbonyl (C=O) groups is 2. The Labute approximate surface area is 128 Å². The van der Waals surface area contributed by atoms with E-state index in [0.29, 0.717) is 24.0 Å². The van der Waals surface area contributed by atoms with Crippen molar-refractivity contribution in [2.75, 3.05) is 0 Å². The Kier molecular flexibility index (Phi) is 4.71. The SMILES string of the molecule is C=C(C)C(=O)NC1CC(C)(C)N(C(=O)C(=C)C)C(C)(C)C1. The van der Waals surface area contributed by atoms with Crippen LogP contribution in [0.4, 0.5) is 0 Å². The van der Waals surface area contributed by atoms with Gasteiger partial charge in [-0.25, -0.2) is 0 Å². The maximum atomic E-state index is 12.5. The quantitative estimate of drug-likeness (QED) is 0.813. The van der Waals surface area contributed by atoms with E-state index in [4.69, 9.17) is 0 Å². The van der Waals surface area contributed by atoms with Crippen LogP contribution in [0.3, 0.4) is 0 Å². The van der Waals surface area contributed by atoms with E-state index < -0.39 is 0 Å². The zero-order valence-electron chi connectivity index (χ0n) is 14.2. The Bertz CT molecular complexity index is 471. The molecule has 118 valence electrons. The van der Waals surface area contributed by atoms with Crippen molar-refractivity contribution >= 4 is 11.8 Å². The summed E-state index contributed by atoms with van der Waals surface area (Å²) in [6.45, 7) is 19.0. The van der Waals surface area contributed by atoms with Gasteiger partial charge < -0.3 is 10.2 Å². The highest BCUT2D eigenvalue weighted by Gasteiger charge is 2.48. The average molecular weight is 292 g/mol. The molecule has 0 saturated carbocycles. The lowest BCUT2D eigenvalue weighted by molar-refractivity contribution is -0.145. The first-order chi connectivity index (χ1) is 9.38. The number of piperidine rings is 1. The molecule has 0 aromatic heterocycles. The lowest BCUT2D eigenvalue weighted by Gasteiger charge is -2.55. The van der Waals surface area contributed by atoms with Crippen LogP contribution in [0, 0.1) is 0 Å². The van der Waals surface area contributed by atoms with E-state index in [1.165, 1.54) is 0 Å². The van der Waals surface area contributed by atoms with E-state index in [1.54, 1.807) is 13.8 Å². The molecular weight excluding hydrogens is 264 g/mol. The molecule has 0 atom stereocenters. The normalized spacial score (nSPS) is 20.8. The molecule has 21 heavy (non-hydrogen) atoms. The van der Waals surface area contributed by atoms with Gasteiger partial charge in [0.15, 0.2) is 0 Å². The standard InChI is InChI=1S/C17H28N2O2/c1-11(2)14(20)18-13-9-16(5,6)19(15(21)12(3)4)17(7,8)10-13/h13H,1,3,9-10H2,2,4-8H3,(H,18,20). The second-order valence-electron chi connectivity index (χ2n) is 7.40. The van der Waals surface area contributed by atoms with Crippen LogP contribution < -0.4 is 5.32 Å². The fourth-order valence-electron chi connectivity index (χ4n) is 3.43. The summed E-state index contributed by atoms with van der Waals surface area (Å²) in [5.41, 5.74) is 0.363. The minimum atomic E-state index is -0.342. The van der Waals surface area contributed by atoms with Crippen molar-refractivity contribution in [1.82, 2.24) is 10.2 Å². The summed E-state index contributed by atoms with van der Waals surface area (Å²) in [6.07, 6.45) is 1.43. The predicted octanol–water partition coefficient (Wildman–Crippen LogP) is 2.80. The third-order valence-corrected chi connectivity index (χ3v) is 3.99. The van der Waals surface area contributed by atoms with Gasteiger partial charge in [-0.15, -0.1) is 0 Å². The van der Waals surface area contributed by atoms with Crippen LogP contribution in [0.15, 0.2) is 24.3 Å². The minimum absolute atomic E-state index is 0.0188. The highest BCUT2D eigenvalue weighted by atomic mass is 16.2. The second-order valence-corrected chi connectivity index (χ2v) is 7.40. The second kappa shape index (κ2) is 5.66. The number of amides is 2. The van der Waals surface area contributed by atoms with Gasteiger partial charge >= 0.3 is 0 Å². The molecule has 0 unspecified atom stereocenters. The molecule has 0 bridgehead atoms. The van der Waals surface area contributed by atoms with Crippen molar-refractivity contribution < 1.29 is 9.59 Å². The Morgan fingerprint density at radius 2 is 1.43 bits per heavy atom. The number of likely N-dealkylation sites (tertiary alicyclic amines) is 1. The van der Waals surface area contributed by atoms with Crippen LogP contribution in [-0.4, -0.2) is 33.8 Å². The molecule has 0 aromatic rings. The van der Waals surface area contributed by atoms with Gasteiger partial charge in [-0.3, -0.25) is 9.59 Å². The molecule has 1 saturated heterocycles. The molecule has 4 nitrogen and oxygen atoms in total. The van der Waals surface area contributed by atoms with E-state index in [-0.39, 0.29) is 28.9 Å². The molecule has 1 heterocycles. The zero-order chi connectivity index (χ0) is 16.6. The molecule has 1 aliphatic heterocycles. The number of carbonyl (C=O) groups excluding carboxylic acids is 2. The summed E-state index contributed by atoms with van der Waals surface area (Å²) in [5, 5.41) is 3.02. The van der Waals surface area contributed by atoms with Crippen molar-refractivity contribution in [2.45, 2.75) is 71.5 Å². The monoisotopic (exact) mass is 292 g/mol. The van der Waals surface area contributed by atoms with Gasteiger partial charge in [-0.05, 0) is 54.4 Å². The Morgan fingerprint density at radius 1 is 1.00 bits per heavy atom. The van der Waals surface area contributed by atoms with Gasteiger partial charge in [0.2, 0.25) is 11.8 Å². The molecule has 0 aromatic carbocycles. The third kappa shape index (κ3) is 3.74. The summed E-state index contributed by atoms with van der Waals surface area (Å²) in [5.74, 6) is -0.138. The van der Waals surface area contributed by atoms with Crippen molar-refractivity contribution in [3.8, 4) is 0 Å². The van der Waals surface area contributed by atoms with Crippen LogP contribution in [0.5, 0.6) is 0 Å². The summed E-state index contributed by atoms with van der Waals surface area (Å²) < 4.78 is 0. The van der Waals surface area contributed by atoms with E-state index >= 15 is 0 Å². The number of hydrogen-bond acceptors (Lipinski definition) is 2. The van der Waals surface area contributed by atoms with E-state index in [0.717, 1.165) is 0 Å². The largest absolute Gasteiger partial charge is 0.349 e. The molecule has 4 heteroatoms. The number of nitrogens with zero attached hydrogens (tertiary/aromatic N) is 1. The van der Waals surface area contributed by atoms with Crippen LogP contribution in [0.25, 0.3) is 0 Å². The molecule has 0 spiro atoms. The molecular formula is C17H28N2O2. The average Bonchev–Trinajstić information content (AvgIpc) is 2.24. The molecule has 0 aliphatic carbocycles. The van der Waals surface area contributed by atoms with Gasteiger partial charge in [0, 0.05) is 28.3 Å². The van der Waals surface area contributed by atoms with E-state index in [9.17, 15) is 9.59 Å². The third-order valence-electron chi connectivity index (χ3n) is 3.99. The highest BCUT2D eigenvalue weighted by Crippen LogP contribution is 2.39. The first kappa shape index (κ1) is 17.5. The summed E-state index contributed by atoms with van der Waals surface area (Å²) >= 11 is 0. The number of rotatable bonds is 3. The van der Waals surface area contributed by atoms with Crippen molar-refractivity contribution in [1.29, 1.82) is 0 Å². The van der Waals surface area contributed by atoms with Gasteiger partial charge in [0.25, 0.3) is 0 Å². The summed E-state index contributed by atoms with van der Waals surface area (Å²) in [7, 11) is 0. The Balaban J connectivity index is 3.02. The van der Waals surface area contributed by atoms with Crippen LogP contribution in [-0.2, 0) is 9.59 Å². The van der Waals surface area contributed by atoms with E-state index in [2.05, 4.69) is 18.5 Å². The first-order valence-electron chi connectivity index (χ1n) is 7.35. The first-order valence-corrected chi connectivity index (χ1v) is 7.35. The molecule has 2 amide bonds. The molecule has 1 rings (SSSR count). The zero-order valence-corrected chi connectivity index (χ0v) is 14.2. The molecule has 1 fully saturated rings.